The minimum Gasteiger partial charge on any atom is -0.341 e. The van der Waals surface area contributed by atoms with Gasteiger partial charge < -0.3 is 5.32 Å². The van der Waals surface area contributed by atoms with Crippen LogP contribution in [0.25, 0.3) is 0 Å². The fourth-order valence-corrected chi connectivity index (χ4v) is 5.03. The molecule has 4 aromatic carbocycles. The van der Waals surface area contributed by atoms with Crippen LogP contribution < -0.4 is 9.62 Å². The van der Waals surface area contributed by atoms with Gasteiger partial charge in [0, 0.05) is 17.6 Å². The Balaban J connectivity index is 1.55. The van der Waals surface area contributed by atoms with Crippen LogP contribution in [0.4, 0.5) is 5.69 Å². The summed E-state index contributed by atoms with van der Waals surface area (Å²) in [6, 6.07) is 30.0. The van der Waals surface area contributed by atoms with Crippen LogP contribution in [0.5, 0.6) is 0 Å². The quantitative estimate of drug-likeness (QED) is 0.336. The number of nitrogens with one attached hydrogen (secondary N) is 1. The van der Waals surface area contributed by atoms with E-state index in [-0.39, 0.29) is 16.8 Å². The van der Waals surface area contributed by atoms with Gasteiger partial charge in [0.1, 0.15) is 0 Å². The van der Waals surface area contributed by atoms with Gasteiger partial charge in [0.15, 0.2) is 0 Å². The van der Waals surface area contributed by atoms with Gasteiger partial charge in [-0.1, -0.05) is 71.8 Å². The maximum Gasteiger partial charge on any atom is 0.264 e. The zero-order valence-electron chi connectivity index (χ0n) is 19.4. The van der Waals surface area contributed by atoms with E-state index >= 15 is 0 Å². The number of amides is 1. The van der Waals surface area contributed by atoms with Gasteiger partial charge in [0.2, 0.25) is 0 Å². The van der Waals surface area contributed by atoms with E-state index in [1.807, 2.05) is 61.5 Å². The summed E-state index contributed by atoms with van der Waals surface area (Å²) in [5, 5.41) is 3.57. The third kappa shape index (κ3) is 5.56. The minimum absolute atomic E-state index is 0.134. The predicted octanol–water partition coefficient (Wildman–Crippen LogP) is 5.99. The molecular weight excluding hydrogens is 480 g/mol. The highest BCUT2D eigenvalue weighted by molar-refractivity contribution is 7.92. The number of hydrogen-bond acceptors (Lipinski definition) is 3. The molecule has 0 aromatic heterocycles. The highest BCUT2D eigenvalue weighted by Crippen LogP contribution is 2.25. The number of hydrogen-bond donors (Lipinski definition) is 1. The van der Waals surface area contributed by atoms with E-state index in [1.54, 1.807) is 24.3 Å². The molecule has 7 heteroatoms. The second-order valence-corrected chi connectivity index (χ2v) is 10.6. The molecule has 0 fully saturated rings. The van der Waals surface area contributed by atoms with E-state index in [9.17, 15) is 13.2 Å². The Kier molecular flexibility index (Phi) is 7.24. The summed E-state index contributed by atoms with van der Waals surface area (Å²) < 4.78 is 27.1. The van der Waals surface area contributed by atoms with Gasteiger partial charge in [0.05, 0.1) is 16.6 Å². The molecule has 1 atom stereocenters. The molecule has 0 unspecified atom stereocenters. The van der Waals surface area contributed by atoms with Crippen molar-refractivity contribution in [2.75, 3.05) is 11.4 Å². The molecule has 0 bridgehead atoms. The number of sulfonamides is 1. The van der Waals surface area contributed by atoms with Gasteiger partial charge in [-0.15, -0.1) is 0 Å². The van der Waals surface area contributed by atoms with Gasteiger partial charge in [-0.25, -0.2) is 8.42 Å². The summed E-state index contributed by atoms with van der Waals surface area (Å²) in [5.41, 5.74) is 3.95. The van der Waals surface area contributed by atoms with Crippen LogP contribution in [0.15, 0.2) is 108 Å². The number of aryl methyl sites for hydroxylation is 1. The molecule has 35 heavy (non-hydrogen) atoms. The monoisotopic (exact) mass is 504 g/mol. The van der Waals surface area contributed by atoms with Crippen LogP contribution >= 0.6 is 11.6 Å². The Morgan fingerprint density at radius 1 is 0.800 bits per heavy atom. The molecule has 4 aromatic rings. The Labute approximate surface area is 211 Å². The van der Waals surface area contributed by atoms with Crippen molar-refractivity contribution in [1.82, 2.24) is 5.32 Å². The fraction of sp³-hybridized carbons (Fsp3) is 0.107. The first kappa shape index (κ1) is 24.5. The Morgan fingerprint density at radius 2 is 1.37 bits per heavy atom. The number of benzene rings is 4. The van der Waals surface area contributed by atoms with E-state index in [0.29, 0.717) is 16.3 Å². The second-order valence-electron chi connectivity index (χ2n) is 8.20. The zero-order valence-corrected chi connectivity index (χ0v) is 20.9. The van der Waals surface area contributed by atoms with Crippen LogP contribution in [0.1, 0.15) is 33.1 Å². The lowest BCUT2D eigenvalue weighted by Crippen LogP contribution is -2.29. The molecule has 1 N–H and O–H groups in total. The highest BCUT2D eigenvalue weighted by atomic mass is 35.5. The summed E-state index contributed by atoms with van der Waals surface area (Å²) in [6.07, 6.45) is 0. The summed E-state index contributed by atoms with van der Waals surface area (Å²) in [7, 11) is -2.29. The van der Waals surface area contributed by atoms with Crippen molar-refractivity contribution in [3.05, 3.63) is 130 Å². The smallest absolute Gasteiger partial charge is 0.264 e. The highest BCUT2D eigenvalue weighted by Gasteiger charge is 2.22. The van der Waals surface area contributed by atoms with Crippen LogP contribution in [-0.4, -0.2) is 21.4 Å². The molecular formula is C28H25ClN2O3S. The van der Waals surface area contributed by atoms with Crippen molar-refractivity contribution in [1.29, 1.82) is 0 Å². The molecule has 0 aliphatic rings. The van der Waals surface area contributed by atoms with Crippen molar-refractivity contribution < 1.29 is 13.2 Å². The number of halogens is 1. The van der Waals surface area contributed by atoms with Gasteiger partial charge in [-0.3, -0.25) is 9.10 Å². The third-order valence-corrected chi connectivity index (χ3v) is 7.84. The fourth-order valence-electron chi connectivity index (χ4n) is 3.70. The molecule has 0 heterocycles. The third-order valence-electron chi connectivity index (χ3n) is 5.78. The van der Waals surface area contributed by atoms with E-state index in [0.717, 1.165) is 16.7 Å². The summed E-state index contributed by atoms with van der Waals surface area (Å²) >= 11 is 5.88. The normalized spacial score (nSPS) is 12.1. The molecule has 5 nitrogen and oxygen atoms in total. The molecule has 0 saturated heterocycles. The first-order chi connectivity index (χ1) is 16.8. The van der Waals surface area contributed by atoms with Crippen molar-refractivity contribution in [2.24, 2.45) is 0 Å². The van der Waals surface area contributed by atoms with Crippen LogP contribution in [0.3, 0.4) is 0 Å². The molecule has 0 saturated carbocycles. The number of carbonyl (C=O) groups is 1. The summed E-state index contributed by atoms with van der Waals surface area (Å²) in [5.74, 6) is -0.255. The van der Waals surface area contributed by atoms with Crippen molar-refractivity contribution in [2.45, 2.75) is 17.9 Å². The van der Waals surface area contributed by atoms with E-state index < -0.39 is 10.0 Å². The van der Waals surface area contributed by atoms with Crippen LogP contribution in [0.2, 0.25) is 5.02 Å². The first-order valence-corrected chi connectivity index (χ1v) is 12.8. The van der Waals surface area contributed by atoms with Gasteiger partial charge in [0.25, 0.3) is 15.9 Å². The van der Waals surface area contributed by atoms with Crippen LogP contribution in [-0.2, 0) is 10.0 Å². The number of nitrogens with zero attached hydrogens (tertiary/aromatic N) is 1. The van der Waals surface area contributed by atoms with Crippen molar-refractivity contribution >= 4 is 33.2 Å². The maximum atomic E-state index is 13.1. The van der Waals surface area contributed by atoms with E-state index in [1.165, 1.54) is 35.6 Å². The molecule has 0 radical (unpaired) electrons. The van der Waals surface area contributed by atoms with E-state index in [4.69, 9.17) is 11.6 Å². The average Bonchev–Trinajstić information content (AvgIpc) is 2.88. The zero-order chi connectivity index (χ0) is 25.0. The van der Waals surface area contributed by atoms with Crippen LogP contribution in [0, 0.1) is 6.92 Å². The van der Waals surface area contributed by atoms with Gasteiger partial charge in [-0.05, 0) is 66.6 Å². The Morgan fingerprint density at radius 3 is 1.97 bits per heavy atom. The molecule has 1 amide bonds. The lowest BCUT2D eigenvalue weighted by atomic mass is 9.97. The lowest BCUT2D eigenvalue weighted by molar-refractivity contribution is 0.0943. The average molecular weight is 505 g/mol. The van der Waals surface area contributed by atoms with Gasteiger partial charge in [-0.2, -0.15) is 0 Å². The topological polar surface area (TPSA) is 66.5 Å². The molecule has 0 aliphatic carbocycles. The lowest BCUT2D eigenvalue weighted by Gasteiger charge is -2.21. The van der Waals surface area contributed by atoms with Gasteiger partial charge >= 0.3 is 0 Å². The molecule has 0 aliphatic heterocycles. The number of carbonyl (C=O) groups excluding carboxylic acids is 1. The number of rotatable bonds is 7. The first-order valence-electron chi connectivity index (χ1n) is 11.0. The molecule has 0 spiro atoms. The van der Waals surface area contributed by atoms with E-state index in [2.05, 4.69) is 5.32 Å². The summed E-state index contributed by atoms with van der Waals surface area (Å²) in [4.78, 5) is 13.3. The molecule has 4 rings (SSSR count). The Hall–Kier alpha value is -3.61. The largest absolute Gasteiger partial charge is 0.341 e. The number of anilines is 1. The maximum absolute atomic E-state index is 13.1. The second kappa shape index (κ2) is 10.3. The molecule has 178 valence electrons. The standard InChI is InChI=1S/C28H25ClN2O3S/c1-20-8-10-22(11-9-20)27(21-6-4-3-5-7-21)30-28(32)23-12-16-25(17-13-23)31(2)35(33,34)26-18-14-24(29)15-19-26/h3-19,27H,1-2H3,(H,30,32)/t27-/m0/s1. The minimum atomic E-state index is -3.76. The Bertz CT molecular complexity index is 1400. The summed E-state index contributed by atoms with van der Waals surface area (Å²) in [6.45, 7) is 2.02. The SMILES string of the molecule is Cc1ccc([C@@H](NC(=O)c2ccc(N(C)S(=O)(=O)c3ccc(Cl)cc3)cc2)c2ccccc2)cc1. The predicted molar refractivity (Wildman–Crippen MR) is 140 cm³/mol. The van der Waals surface area contributed by atoms with Crippen molar-refractivity contribution in [3.8, 4) is 0 Å². The van der Waals surface area contributed by atoms with Crippen molar-refractivity contribution in [3.63, 3.8) is 0 Å².